The zero-order valence-corrected chi connectivity index (χ0v) is 9.55. The highest BCUT2D eigenvalue weighted by molar-refractivity contribution is 5.33. The molecule has 0 nitrogen and oxygen atoms in total. The topological polar surface area (TPSA) is 0 Å². The molecule has 0 rings (SSSR count). The van der Waals surface area contributed by atoms with Crippen LogP contribution in [0.1, 0.15) is 39.5 Å². The Bertz CT molecular complexity index is 228. The van der Waals surface area contributed by atoms with Crippen LogP contribution in [0.2, 0.25) is 0 Å². The van der Waals surface area contributed by atoms with E-state index < -0.39 is 0 Å². The van der Waals surface area contributed by atoms with Crippen LogP contribution in [-0.2, 0) is 0 Å². The molecule has 0 aromatic carbocycles. The predicted molar refractivity (Wildman–Crippen MR) is 66.4 cm³/mol. The van der Waals surface area contributed by atoms with Gasteiger partial charge in [-0.2, -0.15) is 0 Å². The van der Waals surface area contributed by atoms with Crippen LogP contribution in [0, 0.1) is 0 Å². The maximum absolute atomic E-state index is 3.87. The molecule has 0 amide bonds. The van der Waals surface area contributed by atoms with Crippen LogP contribution < -0.4 is 0 Å². The molecule has 0 heterocycles. The van der Waals surface area contributed by atoms with Crippen molar-refractivity contribution in [1.82, 2.24) is 0 Å². The summed E-state index contributed by atoms with van der Waals surface area (Å²) in [4.78, 5) is 0. The Kier molecular flexibility index (Phi) is 7.92. The minimum atomic E-state index is 1.13. The van der Waals surface area contributed by atoms with Crippen molar-refractivity contribution in [3.63, 3.8) is 0 Å². The molecule has 0 atom stereocenters. The largest absolute Gasteiger partial charge is 0.0991 e. The summed E-state index contributed by atoms with van der Waals surface area (Å²) in [5.41, 5.74) is 2.79. The van der Waals surface area contributed by atoms with Crippen molar-refractivity contribution in [2.45, 2.75) is 39.5 Å². The number of hydrogen-bond acceptors (Lipinski definition) is 0. The van der Waals surface area contributed by atoms with Crippen molar-refractivity contribution < 1.29 is 0 Å². The highest BCUT2D eigenvalue weighted by Gasteiger charge is 1.98. The van der Waals surface area contributed by atoms with Crippen LogP contribution in [0.3, 0.4) is 0 Å². The van der Waals surface area contributed by atoms with Gasteiger partial charge < -0.3 is 0 Å². The average molecular weight is 190 g/mol. The van der Waals surface area contributed by atoms with E-state index in [4.69, 9.17) is 0 Å². The summed E-state index contributed by atoms with van der Waals surface area (Å²) in [5.74, 6) is 0. The van der Waals surface area contributed by atoms with Gasteiger partial charge in [0.1, 0.15) is 0 Å². The molecule has 0 aliphatic carbocycles. The molecule has 0 spiro atoms. The van der Waals surface area contributed by atoms with Crippen molar-refractivity contribution in [2.24, 2.45) is 0 Å². The smallest absolute Gasteiger partial charge is 0.0279 e. The predicted octanol–water partition coefficient (Wildman–Crippen LogP) is 4.81. The molecule has 14 heavy (non-hydrogen) atoms. The minimum absolute atomic E-state index is 1.13. The molecule has 0 fully saturated rings. The second-order valence-electron chi connectivity index (χ2n) is 3.35. The molecule has 0 saturated carbocycles. The molecule has 0 aliphatic heterocycles. The van der Waals surface area contributed by atoms with Crippen LogP contribution in [0.4, 0.5) is 0 Å². The average Bonchev–Trinajstić information content (AvgIpc) is 2.21. The fourth-order valence-corrected chi connectivity index (χ4v) is 1.47. The lowest BCUT2D eigenvalue weighted by molar-refractivity contribution is 0.870. The van der Waals surface area contributed by atoms with Gasteiger partial charge in [-0.3, -0.25) is 0 Å². The van der Waals surface area contributed by atoms with Crippen molar-refractivity contribution in [3.05, 3.63) is 48.6 Å². The van der Waals surface area contributed by atoms with E-state index in [1.54, 1.807) is 0 Å². The third-order valence-corrected chi connectivity index (χ3v) is 2.13. The highest BCUT2D eigenvalue weighted by atomic mass is 14.0. The summed E-state index contributed by atoms with van der Waals surface area (Å²) in [6.07, 6.45) is 12.6. The lowest BCUT2D eigenvalue weighted by Gasteiger charge is -2.06. The van der Waals surface area contributed by atoms with Crippen LogP contribution in [0.25, 0.3) is 0 Å². The number of hydrogen-bond donors (Lipinski definition) is 0. The van der Waals surface area contributed by atoms with Crippen molar-refractivity contribution in [1.29, 1.82) is 0 Å². The third-order valence-electron chi connectivity index (χ3n) is 2.13. The van der Waals surface area contributed by atoms with Gasteiger partial charge in [-0.25, -0.2) is 0 Å². The van der Waals surface area contributed by atoms with Gasteiger partial charge in [0, 0.05) is 0 Å². The molecule has 0 radical (unpaired) electrons. The summed E-state index contributed by atoms with van der Waals surface area (Å²) < 4.78 is 0. The van der Waals surface area contributed by atoms with Crippen molar-refractivity contribution in [2.75, 3.05) is 0 Å². The van der Waals surface area contributed by atoms with Crippen LogP contribution in [-0.4, -0.2) is 0 Å². The Labute approximate surface area is 88.7 Å². The fraction of sp³-hybridized carbons (Fsp3) is 0.429. The Morgan fingerprint density at radius 3 is 2.00 bits per heavy atom. The van der Waals surface area contributed by atoms with E-state index in [1.165, 1.54) is 24.0 Å². The molecular weight excluding hydrogens is 168 g/mol. The molecule has 0 unspecified atom stereocenters. The third kappa shape index (κ3) is 4.86. The van der Waals surface area contributed by atoms with E-state index in [-0.39, 0.29) is 0 Å². The minimum Gasteiger partial charge on any atom is -0.0991 e. The highest BCUT2D eigenvalue weighted by Crippen LogP contribution is 2.18. The number of rotatable bonds is 7. The normalized spacial score (nSPS) is 12.7. The van der Waals surface area contributed by atoms with Crippen LogP contribution in [0.15, 0.2) is 48.6 Å². The molecule has 0 saturated heterocycles. The van der Waals surface area contributed by atoms with Gasteiger partial charge in [0.25, 0.3) is 0 Å². The first-order valence-electron chi connectivity index (χ1n) is 5.43. The van der Waals surface area contributed by atoms with Gasteiger partial charge in [0.2, 0.25) is 0 Å². The lowest BCUT2D eigenvalue weighted by Crippen LogP contribution is -1.87. The van der Waals surface area contributed by atoms with E-state index in [9.17, 15) is 0 Å². The molecule has 0 heteroatoms. The summed E-state index contributed by atoms with van der Waals surface area (Å²) in [6.45, 7) is 12.0. The molecule has 0 aliphatic rings. The van der Waals surface area contributed by atoms with E-state index in [0.717, 1.165) is 12.8 Å². The van der Waals surface area contributed by atoms with E-state index in [2.05, 4.69) is 33.1 Å². The van der Waals surface area contributed by atoms with Gasteiger partial charge in [0.15, 0.2) is 0 Å². The zero-order chi connectivity index (χ0) is 10.8. The SMILES string of the molecule is C=C/C=C\C(CCC)=C(/C=C)CCC. The van der Waals surface area contributed by atoms with E-state index >= 15 is 0 Å². The molecule has 78 valence electrons. The monoisotopic (exact) mass is 190 g/mol. The molecule has 0 aromatic rings. The molecule has 0 aromatic heterocycles. The maximum Gasteiger partial charge on any atom is -0.0279 e. The first kappa shape index (κ1) is 13.0. The van der Waals surface area contributed by atoms with E-state index in [1.807, 2.05) is 18.2 Å². The molecule has 0 N–H and O–H groups in total. The quantitative estimate of drug-likeness (QED) is 0.505. The van der Waals surface area contributed by atoms with Crippen LogP contribution in [0.5, 0.6) is 0 Å². The van der Waals surface area contributed by atoms with Gasteiger partial charge in [-0.15, -0.1) is 0 Å². The summed E-state index contributed by atoms with van der Waals surface area (Å²) in [6, 6.07) is 0. The second-order valence-corrected chi connectivity index (χ2v) is 3.35. The standard InChI is InChI=1S/C14H22/c1-5-9-12-14(11-7-3)13(8-4)10-6-2/h5,8-9,12H,1,4,6-7,10-11H2,2-3H3/b12-9-,14-13+. The van der Waals surface area contributed by atoms with Gasteiger partial charge in [-0.05, 0) is 24.0 Å². The molecular formula is C14H22. The Hall–Kier alpha value is -1.04. The summed E-state index contributed by atoms with van der Waals surface area (Å²) >= 11 is 0. The molecule has 0 bridgehead atoms. The lowest BCUT2D eigenvalue weighted by atomic mass is 9.99. The first-order valence-corrected chi connectivity index (χ1v) is 5.43. The zero-order valence-electron chi connectivity index (χ0n) is 9.55. The second kappa shape index (κ2) is 8.55. The van der Waals surface area contributed by atoms with Crippen molar-refractivity contribution in [3.8, 4) is 0 Å². The first-order chi connectivity index (χ1) is 6.79. The fourth-order valence-electron chi connectivity index (χ4n) is 1.47. The van der Waals surface area contributed by atoms with Gasteiger partial charge in [0.05, 0.1) is 0 Å². The van der Waals surface area contributed by atoms with Crippen LogP contribution >= 0.6 is 0 Å². The Morgan fingerprint density at radius 1 is 1.00 bits per heavy atom. The van der Waals surface area contributed by atoms with Gasteiger partial charge in [-0.1, -0.05) is 64.2 Å². The van der Waals surface area contributed by atoms with Gasteiger partial charge >= 0.3 is 0 Å². The summed E-state index contributed by atoms with van der Waals surface area (Å²) in [7, 11) is 0. The van der Waals surface area contributed by atoms with Crippen molar-refractivity contribution >= 4 is 0 Å². The maximum atomic E-state index is 3.87. The van der Waals surface area contributed by atoms with E-state index in [0.29, 0.717) is 0 Å². The number of allylic oxidation sites excluding steroid dienone is 6. The Morgan fingerprint density at radius 2 is 1.57 bits per heavy atom. The summed E-state index contributed by atoms with van der Waals surface area (Å²) in [5, 5.41) is 0. The Balaban J connectivity index is 4.76.